The van der Waals surface area contributed by atoms with Crippen LogP contribution in [0.25, 0.3) is 0 Å². The van der Waals surface area contributed by atoms with Crippen molar-refractivity contribution in [1.29, 1.82) is 0 Å². The molecule has 1 saturated heterocycles. The van der Waals surface area contributed by atoms with E-state index in [4.69, 9.17) is 5.11 Å². The van der Waals surface area contributed by atoms with E-state index in [1.54, 1.807) is 6.92 Å². The SMILES string of the molecule is CC1(CC(=O)O)CN(C2CCCCC2)NC1=O. The van der Waals surface area contributed by atoms with Crippen molar-refractivity contribution >= 4 is 11.9 Å². The van der Waals surface area contributed by atoms with Gasteiger partial charge in [0.25, 0.3) is 0 Å². The molecule has 2 fully saturated rings. The topological polar surface area (TPSA) is 69.6 Å². The van der Waals surface area contributed by atoms with E-state index in [1.165, 1.54) is 19.3 Å². The molecule has 17 heavy (non-hydrogen) atoms. The summed E-state index contributed by atoms with van der Waals surface area (Å²) in [6, 6.07) is 0.392. The van der Waals surface area contributed by atoms with Gasteiger partial charge in [0.2, 0.25) is 5.91 Å². The Labute approximate surface area is 101 Å². The van der Waals surface area contributed by atoms with Gasteiger partial charge >= 0.3 is 5.97 Å². The van der Waals surface area contributed by atoms with Gasteiger partial charge < -0.3 is 5.11 Å². The Balaban J connectivity index is 2.00. The molecule has 96 valence electrons. The number of nitrogens with one attached hydrogen (secondary N) is 1. The lowest BCUT2D eigenvalue weighted by atomic mass is 9.86. The minimum Gasteiger partial charge on any atom is -0.481 e. The average molecular weight is 240 g/mol. The van der Waals surface area contributed by atoms with Crippen molar-refractivity contribution in [2.24, 2.45) is 5.41 Å². The highest BCUT2D eigenvalue weighted by atomic mass is 16.4. The van der Waals surface area contributed by atoms with Crippen LogP contribution in [-0.4, -0.2) is 34.6 Å². The lowest BCUT2D eigenvalue weighted by Gasteiger charge is -2.30. The Hall–Kier alpha value is -1.10. The Morgan fingerprint density at radius 3 is 2.71 bits per heavy atom. The van der Waals surface area contributed by atoms with E-state index in [2.05, 4.69) is 5.43 Å². The number of carbonyl (C=O) groups is 2. The van der Waals surface area contributed by atoms with Gasteiger partial charge in [0.05, 0.1) is 11.8 Å². The number of hydrogen-bond donors (Lipinski definition) is 2. The predicted molar refractivity (Wildman–Crippen MR) is 62.1 cm³/mol. The molecule has 2 aliphatic rings. The molecule has 1 unspecified atom stereocenters. The van der Waals surface area contributed by atoms with E-state index < -0.39 is 11.4 Å². The maximum atomic E-state index is 11.9. The molecular formula is C12H20N2O3. The molecule has 1 heterocycles. The first-order chi connectivity index (χ1) is 8.01. The van der Waals surface area contributed by atoms with Crippen molar-refractivity contribution in [2.45, 2.75) is 51.5 Å². The van der Waals surface area contributed by atoms with Gasteiger partial charge in [-0.25, -0.2) is 5.01 Å². The second-order valence-electron chi connectivity index (χ2n) is 5.49. The summed E-state index contributed by atoms with van der Waals surface area (Å²) in [7, 11) is 0. The Morgan fingerprint density at radius 1 is 1.47 bits per heavy atom. The minimum absolute atomic E-state index is 0.0952. The van der Waals surface area contributed by atoms with E-state index >= 15 is 0 Å². The van der Waals surface area contributed by atoms with Gasteiger partial charge in [0.15, 0.2) is 0 Å². The van der Waals surface area contributed by atoms with Gasteiger partial charge in [-0.2, -0.15) is 0 Å². The zero-order valence-corrected chi connectivity index (χ0v) is 10.2. The summed E-state index contributed by atoms with van der Waals surface area (Å²) in [5.74, 6) is -1.06. The first-order valence-corrected chi connectivity index (χ1v) is 6.31. The Morgan fingerprint density at radius 2 is 2.12 bits per heavy atom. The number of hydrazine groups is 1. The number of hydrogen-bond acceptors (Lipinski definition) is 3. The molecule has 0 radical (unpaired) electrons. The van der Waals surface area contributed by atoms with Crippen LogP contribution in [0, 0.1) is 5.41 Å². The largest absolute Gasteiger partial charge is 0.481 e. The van der Waals surface area contributed by atoms with Crippen molar-refractivity contribution in [3.8, 4) is 0 Å². The van der Waals surface area contributed by atoms with E-state index in [0.29, 0.717) is 12.6 Å². The van der Waals surface area contributed by atoms with Crippen LogP contribution in [0.1, 0.15) is 45.4 Å². The zero-order valence-electron chi connectivity index (χ0n) is 10.2. The van der Waals surface area contributed by atoms with Gasteiger partial charge in [-0.3, -0.25) is 15.0 Å². The zero-order chi connectivity index (χ0) is 12.5. The number of rotatable bonds is 3. The maximum absolute atomic E-state index is 11.9. The number of carboxylic acids is 1. The number of carbonyl (C=O) groups excluding carboxylic acids is 1. The molecule has 2 N–H and O–H groups in total. The second kappa shape index (κ2) is 4.64. The van der Waals surface area contributed by atoms with Crippen LogP contribution in [0.4, 0.5) is 0 Å². The van der Waals surface area contributed by atoms with Crippen LogP contribution in [0.5, 0.6) is 0 Å². The lowest BCUT2D eigenvalue weighted by molar-refractivity contribution is -0.142. The van der Waals surface area contributed by atoms with Crippen LogP contribution in [-0.2, 0) is 9.59 Å². The van der Waals surface area contributed by atoms with E-state index in [0.717, 1.165) is 12.8 Å². The average Bonchev–Trinajstić information content (AvgIpc) is 2.55. The lowest BCUT2D eigenvalue weighted by Crippen LogP contribution is -2.42. The summed E-state index contributed by atoms with van der Waals surface area (Å²) in [6.07, 6.45) is 5.78. The third kappa shape index (κ3) is 2.60. The van der Waals surface area contributed by atoms with Crippen LogP contribution in [0.15, 0.2) is 0 Å². The van der Waals surface area contributed by atoms with Crippen molar-refractivity contribution in [3.05, 3.63) is 0 Å². The van der Waals surface area contributed by atoms with Crippen LogP contribution in [0.3, 0.4) is 0 Å². The van der Waals surface area contributed by atoms with Gasteiger partial charge in [0, 0.05) is 12.6 Å². The van der Waals surface area contributed by atoms with Gasteiger partial charge in [-0.1, -0.05) is 19.3 Å². The molecule has 1 aliphatic heterocycles. The fourth-order valence-corrected chi connectivity index (χ4v) is 2.84. The number of amides is 1. The van der Waals surface area contributed by atoms with Crippen molar-refractivity contribution in [1.82, 2.24) is 10.4 Å². The number of carboxylic acid groups (broad SMARTS) is 1. The van der Waals surface area contributed by atoms with Crippen molar-refractivity contribution in [2.75, 3.05) is 6.54 Å². The quantitative estimate of drug-likeness (QED) is 0.776. The summed E-state index contributed by atoms with van der Waals surface area (Å²) in [4.78, 5) is 22.7. The van der Waals surface area contributed by atoms with E-state index in [9.17, 15) is 9.59 Å². The minimum atomic E-state index is -0.909. The standard InChI is InChI=1S/C12H20N2O3/c1-12(7-10(15)16)8-14(13-11(12)17)9-5-3-2-4-6-9/h9H,2-8H2,1H3,(H,13,17)(H,15,16). The summed E-state index contributed by atoms with van der Waals surface area (Å²) in [5.41, 5.74) is 2.08. The van der Waals surface area contributed by atoms with Crippen LogP contribution in [0.2, 0.25) is 0 Å². The van der Waals surface area contributed by atoms with Gasteiger partial charge in [-0.05, 0) is 19.8 Å². The number of aliphatic carboxylic acids is 1. The maximum Gasteiger partial charge on any atom is 0.304 e. The third-order valence-electron chi connectivity index (χ3n) is 3.87. The van der Waals surface area contributed by atoms with E-state index in [-0.39, 0.29) is 12.3 Å². The first kappa shape index (κ1) is 12.4. The van der Waals surface area contributed by atoms with Gasteiger partial charge in [0.1, 0.15) is 0 Å². The first-order valence-electron chi connectivity index (χ1n) is 6.31. The third-order valence-corrected chi connectivity index (χ3v) is 3.87. The molecule has 1 saturated carbocycles. The Bertz CT molecular complexity index is 326. The molecule has 0 aromatic heterocycles. The summed E-state index contributed by atoms with van der Waals surface area (Å²) < 4.78 is 0. The normalized spacial score (nSPS) is 31.5. The number of nitrogens with zero attached hydrogens (tertiary/aromatic N) is 1. The molecule has 0 aromatic carbocycles. The van der Waals surface area contributed by atoms with Gasteiger partial charge in [-0.15, -0.1) is 0 Å². The fraction of sp³-hybridized carbons (Fsp3) is 0.833. The highest BCUT2D eigenvalue weighted by Crippen LogP contribution is 2.32. The predicted octanol–water partition coefficient (Wildman–Crippen LogP) is 1.15. The molecule has 0 spiro atoms. The summed E-state index contributed by atoms with van der Waals surface area (Å²) in [6.45, 7) is 2.25. The van der Waals surface area contributed by atoms with Crippen molar-refractivity contribution < 1.29 is 14.7 Å². The summed E-state index contributed by atoms with van der Waals surface area (Å²) in [5, 5.41) is 10.8. The second-order valence-corrected chi connectivity index (χ2v) is 5.49. The highest BCUT2D eigenvalue weighted by Gasteiger charge is 2.45. The Kier molecular flexibility index (Phi) is 3.38. The fourth-order valence-electron chi connectivity index (χ4n) is 2.84. The van der Waals surface area contributed by atoms with Crippen LogP contribution >= 0.6 is 0 Å². The highest BCUT2D eigenvalue weighted by molar-refractivity contribution is 5.88. The molecule has 1 atom stereocenters. The molecule has 0 aromatic rings. The molecule has 5 nitrogen and oxygen atoms in total. The molecular weight excluding hydrogens is 220 g/mol. The molecule has 1 amide bonds. The molecule has 0 bridgehead atoms. The summed E-state index contributed by atoms with van der Waals surface area (Å²) >= 11 is 0. The van der Waals surface area contributed by atoms with Crippen LogP contribution < -0.4 is 5.43 Å². The molecule has 2 rings (SSSR count). The smallest absolute Gasteiger partial charge is 0.304 e. The molecule has 1 aliphatic carbocycles. The monoisotopic (exact) mass is 240 g/mol. The molecule has 5 heteroatoms. The van der Waals surface area contributed by atoms with Crippen molar-refractivity contribution in [3.63, 3.8) is 0 Å². The van der Waals surface area contributed by atoms with E-state index in [1.807, 2.05) is 5.01 Å².